The number of amides is 1. The number of hydrogen-bond acceptors (Lipinski definition) is 4. The molecule has 1 fully saturated rings. The van der Waals surface area contributed by atoms with Crippen molar-refractivity contribution in [1.82, 2.24) is 15.0 Å². The lowest BCUT2D eigenvalue weighted by molar-refractivity contribution is 0.0706. The van der Waals surface area contributed by atoms with Crippen LogP contribution in [-0.4, -0.2) is 34.0 Å². The molecule has 3 heterocycles. The van der Waals surface area contributed by atoms with Crippen LogP contribution in [0.3, 0.4) is 0 Å². The van der Waals surface area contributed by atoms with E-state index in [4.69, 9.17) is 4.52 Å². The Kier molecular flexibility index (Phi) is 4.94. The zero-order valence-corrected chi connectivity index (χ0v) is 16.0. The quantitative estimate of drug-likeness (QED) is 0.672. The molecule has 0 radical (unpaired) electrons. The molecule has 0 N–H and O–H groups in total. The summed E-state index contributed by atoms with van der Waals surface area (Å²) in [5, 5.41) is 4.00. The molecule has 144 valence electrons. The second-order valence-corrected chi connectivity index (χ2v) is 7.27. The molecule has 0 saturated carbocycles. The summed E-state index contributed by atoms with van der Waals surface area (Å²) in [4.78, 5) is 19.2. The molecule has 1 saturated heterocycles. The number of aryl methyl sites for hydroxylation is 2. The van der Waals surface area contributed by atoms with Gasteiger partial charge in [0, 0.05) is 47.6 Å². The van der Waals surface area contributed by atoms with Gasteiger partial charge in [-0.15, -0.1) is 0 Å². The molecule has 0 aliphatic carbocycles. The largest absolute Gasteiger partial charge is 0.361 e. The molecule has 5 nitrogen and oxygen atoms in total. The van der Waals surface area contributed by atoms with E-state index in [-0.39, 0.29) is 17.6 Å². The summed E-state index contributed by atoms with van der Waals surface area (Å²) in [6.07, 6.45) is 3.76. The average molecular weight is 379 g/mol. The summed E-state index contributed by atoms with van der Waals surface area (Å²) in [6, 6.07) is 9.79. The minimum Gasteiger partial charge on any atom is -0.361 e. The topological polar surface area (TPSA) is 59.2 Å². The first-order valence-electron chi connectivity index (χ1n) is 9.47. The van der Waals surface area contributed by atoms with Crippen LogP contribution in [0.15, 0.2) is 47.1 Å². The molecule has 6 heteroatoms. The van der Waals surface area contributed by atoms with Crippen molar-refractivity contribution >= 4 is 5.91 Å². The zero-order valence-electron chi connectivity index (χ0n) is 16.0. The van der Waals surface area contributed by atoms with Crippen molar-refractivity contribution in [1.29, 1.82) is 0 Å². The minimum atomic E-state index is -0.337. The Morgan fingerprint density at radius 3 is 2.61 bits per heavy atom. The van der Waals surface area contributed by atoms with Crippen molar-refractivity contribution < 1.29 is 13.7 Å². The van der Waals surface area contributed by atoms with E-state index in [1.54, 1.807) is 0 Å². The molecule has 28 heavy (non-hydrogen) atoms. The van der Waals surface area contributed by atoms with E-state index < -0.39 is 0 Å². The number of benzene rings is 1. The number of nitrogens with zero attached hydrogens (tertiary/aromatic N) is 3. The monoisotopic (exact) mass is 379 g/mol. The highest BCUT2D eigenvalue weighted by atomic mass is 19.1. The molecular formula is C22H22FN3O2. The molecule has 1 amide bonds. The van der Waals surface area contributed by atoms with Crippen LogP contribution in [0.25, 0.3) is 11.1 Å². The lowest BCUT2D eigenvalue weighted by atomic mass is 9.93. The normalized spacial score (nSPS) is 17.0. The lowest BCUT2D eigenvalue weighted by Gasteiger charge is -2.32. The van der Waals surface area contributed by atoms with Crippen LogP contribution in [0.5, 0.6) is 0 Å². The number of aromatic nitrogens is 2. The third-order valence-corrected chi connectivity index (χ3v) is 5.33. The Bertz CT molecular complexity index is 961. The predicted molar refractivity (Wildman–Crippen MR) is 103 cm³/mol. The molecule has 1 atom stereocenters. The van der Waals surface area contributed by atoms with Crippen LogP contribution in [0, 0.1) is 19.7 Å². The number of likely N-dealkylation sites (tertiary alicyclic amines) is 1. The molecule has 0 spiro atoms. The van der Waals surface area contributed by atoms with Crippen molar-refractivity contribution in [3.05, 3.63) is 71.1 Å². The third-order valence-electron chi connectivity index (χ3n) is 5.33. The molecule has 1 aliphatic rings. The fourth-order valence-electron chi connectivity index (χ4n) is 3.87. The second kappa shape index (κ2) is 7.54. The summed E-state index contributed by atoms with van der Waals surface area (Å²) < 4.78 is 18.4. The molecule has 2 aromatic heterocycles. The number of carbonyl (C=O) groups excluding carboxylic acids is 1. The van der Waals surface area contributed by atoms with Gasteiger partial charge in [0.05, 0.1) is 5.69 Å². The van der Waals surface area contributed by atoms with E-state index >= 15 is 0 Å². The van der Waals surface area contributed by atoms with E-state index in [0.29, 0.717) is 18.7 Å². The van der Waals surface area contributed by atoms with Gasteiger partial charge in [0.25, 0.3) is 5.91 Å². The van der Waals surface area contributed by atoms with Gasteiger partial charge in [-0.25, -0.2) is 4.39 Å². The zero-order chi connectivity index (χ0) is 19.7. The number of pyridine rings is 1. The van der Waals surface area contributed by atoms with Crippen molar-refractivity contribution in [3.63, 3.8) is 0 Å². The molecule has 0 bridgehead atoms. The van der Waals surface area contributed by atoms with Crippen molar-refractivity contribution in [2.24, 2.45) is 0 Å². The summed E-state index contributed by atoms with van der Waals surface area (Å²) in [6.45, 7) is 5.14. The van der Waals surface area contributed by atoms with E-state index in [1.165, 1.54) is 24.3 Å². The van der Waals surface area contributed by atoms with Gasteiger partial charge in [0.2, 0.25) is 0 Å². The smallest absolute Gasteiger partial charge is 0.253 e. The maximum Gasteiger partial charge on any atom is 0.253 e. The van der Waals surface area contributed by atoms with E-state index in [9.17, 15) is 9.18 Å². The van der Waals surface area contributed by atoms with Gasteiger partial charge in [0.15, 0.2) is 0 Å². The summed E-state index contributed by atoms with van der Waals surface area (Å²) in [5.41, 5.74) is 4.31. The van der Waals surface area contributed by atoms with Gasteiger partial charge in [-0.3, -0.25) is 9.78 Å². The summed E-state index contributed by atoms with van der Waals surface area (Å²) >= 11 is 0. The van der Waals surface area contributed by atoms with Crippen molar-refractivity contribution in [3.8, 4) is 11.1 Å². The van der Waals surface area contributed by atoms with Gasteiger partial charge in [-0.05, 0) is 57.0 Å². The van der Waals surface area contributed by atoms with Gasteiger partial charge in [-0.1, -0.05) is 11.2 Å². The highest BCUT2D eigenvalue weighted by Crippen LogP contribution is 2.30. The van der Waals surface area contributed by atoms with Gasteiger partial charge in [0.1, 0.15) is 11.6 Å². The van der Waals surface area contributed by atoms with Gasteiger partial charge < -0.3 is 9.42 Å². The first-order valence-corrected chi connectivity index (χ1v) is 9.47. The summed E-state index contributed by atoms with van der Waals surface area (Å²) in [5.74, 6) is 0.574. The van der Waals surface area contributed by atoms with Gasteiger partial charge >= 0.3 is 0 Å². The van der Waals surface area contributed by atoms with Crippen LogP contribution < -0.4 is 0 Å². The standard InChI is InChI=1S/C22H22FN3O2/c1-14-21(15(2)28-25-14)17-7-10-20(24-12-17)18-4-3-11-26(13-18)22(27)16-5-8-19(23)9-6-16/h5-10,12,18H,3-4,11,13H2,1-2H3. The number of carbonyl (C=O) groups is 1. The number of rotatable bonds is 3. The molecule has 1 unspecified atom stereocenters. The fourth-order valence-corrected chi connectivity index (χ4v) is 3.87. The molecule has 4 rings (SSSR count). The van der Waals surface area contributed by atoms with Crippen LogP contribution in [-0.2, 0) is 0 Å². The predicted octanol–water partition coefficient (Wildman–Crippen LogP) is 4.51. The van der Waals surface area contributed by atoms with Gasteiger partial charge in [-0.2, -0.15) is 0 Å². The van der Waals surface area contributed by atoms with Crippen LogP contribution in [0.2, 0.25) is 0 Å². The number of piperidine rings is 1. The first-order chi connectivity index (χ1) is 13.5. The summed E-state index contributed by atoms with van der Waals surface area (Å²) in [7, 11) is 0. The highest BCUT2D eigenvalue weighted by molar-refractivity contribution is 5.94. The van der Waals surface area contributed by atoms with E-state index in [1.807, 2.05) is 37.1 Å². The maximum atomic E-state index is 13.1. The van der Waals surface area contributed by atoms with Crippen LogP contribution in [0.1, 0.15) is 46.3 Å². The van der Waals surface area contributed by atoms with Crippen molar-refractivity contribution in [2.75, 3.05) is 13.1 Å². The lowest BCUT2D eigenvalue weighted by Crippen LogP contribution is -2.39. The third kappa shape index (κ3) is 3.54. The maximum absolute atomic E-state index is 13.1. The Hall–Kier alpha value is -3.02. The highest BCUT2D eigenvalue weighted by Gasteiger charge is 2.26. The second-order valence-electron chi connectivity index (χ2n) is 7.27. The van der Waals surface area contributed by atoms with Crippen molar-refractivity contribution in [2.45, 2.75) is 32.6 Å². The average Bonchev–Trinajstić information content (AvgIpc) is 3.06. The minimum absolute atomic E-state index is 0.0583. The fraction of sp³-hybridized carbons (Fsp3) is 0.318. The Morgan fingerprint density at radius 1 is 1.18 bits per heavy atom. The van der Waals surface area contributed by atoms with Crippen LogP contribution in [0.4, 0.5) is 4.39 Å². The molecule has 1 aliphatic heterocycles. The Morgan fingerprint density at radius 2 is 1.96 bits per heavy atom. The number of hydrogen-bond donors (Lipinski definition) is 0. The molecular weight excluding hydrogens is 357 g/mol. The Labute approximate surface area is 163 Å². The SMILES string of the molecule is Cc1noc(C)c1-c1ccc(C2CCCN(C(=O)c3ccc(F)cc3)C2)nc1. The first kappa shape index (κ1) is 18.3. The Balaban J connectivity index is 1.50. The van der Waals surface area contributed by atoms with E-state index in [2.05, 4.69) is 10.1 Å². The number of halogens is 1. The molecule has 1 aromatic carbocycles. The molecule has 3 aromatic rings. The van der Waals surface area contributed by atoms with E-state index in [0.717, 1.165) is 41.1 Å². The van der Waals surface area contributed by atoms with Crippen LogP contribution >= 0.6 is 0 Å².